The SMILES string of the molecule is CN(C)CCCN1c2ccccc2Sc2ccc(Cl)cc21.O=C(O)CCC(=O)O. The first-order valence-corrected chi connectivity index (χ1v) is 10.4. The summed E-state index contributed by atoms with van der Waals surface area (Å²) in [5.74, 6) is -2.15. The smallest absolute Gasteiger partial charge is 0.303 e. The Morgan fingerprint density at radius 2 is 1.62 bits per heavy atom. The van der Waals surface area contributed by atoms with Crippen molar-refractivity contribution in [3.63, 3.8) is 0 Å². The molecule has 3 rings (SSSR count). The molecule has 6 nitrogen and oxygen atoms in total. The van der Waals surface area contributed by atoms with E-state index < -0.39 is 11.9 Å². The third-order valence-electron chi connectivity index (χ3n) is 4.13. The van der Waals surface area contributed by atoms with E-state index >= 15 is 0 Å². The van der Waals surface area contributed by atoms with E-state index in [1.165, 1.54) is 21.2 Å². The van der Waals surface area contributed by atoms with Gasteiger partial charge in [-0.05, 0) is 57.4 Å². The molecule has 1 heterocycles. The highest BCUT2D eigenvalue weighted by Gasteiger charge is 2.22. The highest BCUT2D eigenvalue weighted by molar-refractivity contribution is 7.99. The standard InChI is InChI=1S/C17H19ClN2S.C4H6O4/c1-19(2)10-5-11-20-14-6-3-4-7-16(14)21-17-9-8-13(18)12-15(17)20;5-3(6)1-2-4(7)8/h3-4,6-9,12H,5,10-11H2,1-2H3;1-2H2,(H,5,6)(H,7,8). The Bertz CT molecular complexity index is 846. The summed E-state index contributed by atoms with van der Waals surface area (Å²) in [6.45, 7) is 2.09. The van der Waals surface area contributed by atoms with E-state index in [2.05, 4.69) is 60.3 Å². The summed E-state index contributed by atoms with van der Waals surface area (Å²) in [5.41, 5.74) is 2.51. The monoisotopic (exact) mass is 436 g/mol. The van der Waals surface area contributed by atoms with Crippen molar-refractivity contribution in [3.8, 4) is 0 Å². The molecule has 0 aromatic heterocycles. The van der Waals surface area contributed by atoms with Gasteiger partial charge >= 0.3 is 11.9 Å². The van der Waals surface area contributed by atoms with Crippen LogP contribution in [0.3, 0.4) is 0 Å². The van der Waals surface area contributed by atoms with Crippen LogP contribution in [-0.2, 0) is 9.59 Å². The number of aliphatic carboxylic acids is 2. The van der Waals surface area contributed by atoms with Crippen molar-refractivity contribution in [1.29, 1.82) is 0 Å². The molecule has 0 aliphatic carbocycles. The van der Waals surface area contributed by atoms with E-state index in [-0.39, 0.29) is 12.8 Å². The summed E-state index contributed by atoms with van der Waals surface area (Å²) < 4.78 is 0. The Labute approximate surface area is 180 Å². The summed E-state index contributed by atoms with van der Waals surface area (Å²) in [6, 6.07) is 14.8. The molecular weight excluding hydrogens is 412 g/mol. The molecule has 0 amide bonds. The largest absolute Gasteiger partial charge is 0.481 e. The minimum Gasteiger partial charge on any atom is -0.481 e. The average Bonchev–Trinajstić information content (AvgIpc) is 2.66. The van der Waals surface area contributed by atoms with Gasteiger partial charge in [0.05, 0.1) is 24.2 Å². The van der Waals surface area contributed by atoms with Crippen molar-refractivity contribution >= 4 is 46.7 Å². The maximum Gasteiger partial charge on any atom is 0.303 e. The third kappa shape index (κ3) is 7.27. The first-order chi connectivity index (χ1) is 13.8. The first-order valence-electron chi connectivity index (χ1n) is 9.20. The van der Waals surface area contributed by atoms with Crippen LogP contribution >= 0.6 is 23.4 Å². The fourth-order valence-corrected chi connectivity index (χ4v) is 4.04. The molecule has 0 saturated carbocycles. The lowest BCUT2D eigenvalue weighted by molar-refractivity contribution is -0.143. The minimum absolute atomic E-state index is 0.296. The van der Waals surface area contributed by atoms with Gasteiger partial charge in [-0.2, -0.15) is 0 Å². The number of carboxylic acids is 2. The number of hydrogen-bond donors (Lipinski definition) is 2. The van der Waals surface area contributed by atoms with Crippen molar-refractivity contribution in [2.75, 3.05) is 32.1 Å². The predicted octanol–water partition coefficient (Wildman–Crippen LogP) is 4.83. The van der Waals surface area contributed by atoms with E-state index in [1.54, 1.807) is 0 Å². The zero-order chi connectivity index (χ0) is 21.4. The molecule has 0 spiro atoms. The molecule has 2 N–H and O–H groups in total. The summed E-state index contributed by atoms with van der Waals surface area (Å²) in [7, 11) is 4.23. The second kappa shape index (κ2) is 11.1. The molecule has 0 fully saturated rings. The second-order valence-corrected chi connectivity index (χ2v) is 8.30. The summed E-state index contributed by atoms with van der Waals surface area (Å²) >= 11 is 8.03. The number of hydrogen-bond acceptors (Lipinski definition) is 5. The zero-order valence-electron chi connectivity index (χ0n) is 16.5. The Morgan fingerprint density at radius 1 is 1.00 bits per heavy atom. The van der Waals surface area contributed by atoms with Crippen molar-refractivity contribution in [2.45, 2.75) is 29.1 Å². The molecule has 156 valence electrons. The summed E-state index contributed by atoms with van der Waals surface area (Å²) in [5, 5.41) is 16.6. The maximum atomic E-state index is 9.64. The van der Waals surface area contributed by atoms with Gasteiger partial charge in [-0.25, -0.2) is 0 Å². The van der Waals surface area contributed by atoms with Crippen LogP contribution in [0.4, 0.5) is 11.4 Å². The van der Waals surface area contributed by atoms with Gasteiger partial charge in [-0.15, -0.1) is 0 Å². The summed E-state index contributed by atoms with van der Waals surface area (Å²) in [6.07, 6.45) is 0.530. The number of rotatable bonds is 7. The van der Waals surface area contributed by atoms with Crippen molar-refractivity contribution < 1.29 is 19.8 Å². The number of benzene rings is 2. The third-order valence-corrected chi connectivity index (χ3v) is 5.49. The molecule has 2 aromatic rings. The van der Waals surface area contributed by atoms with Crippen LogP contribution in [0.1, 0.15) is 19.3 Å². The molecule has 1 aliphatic rings. The van der Waals surface area contributed by atoms with Gasteiger partial charge in [-0.3, -0.25) is 9.59 Å². The molecule has 2 aromatic carbocycles. The van der Waals surface area contributed by atoms with Gasteiger partial charge in [0.1, 0.15) is 0 Å². The highest BCUT2D eigenvalue weighted by Crippen LogP contribution is 2.48. The zero-order valence-corrected chi connectivity index (χ0v) is 18.0. The summed E-state index contributed by atoms with van der Waals surface area (Å²) in [4.78, 5) is 26.5. The molecule has 0 radical (unpaired) electrons. The van der Waals surface area contributed by atoms with Crippen molar-refractivity contribution in [2.24, 2.45) is 0 Å². The molecule has 29 heavy (non-hydrogen) atoms. The van der Waals surface area contributed by atoms with Crippen LogP contribution in [-0.4, -0.2) is 54.2 Å². The van der Waals surface area contributed by atoms with E-state index in [0.717, 1.165) is 24.5 Å². The molecule has 1 aliphatic heterocycles. The lowest BCUT2D eigenvalue weighted by Gasteiger charge is -2.33. The van der Waals surface area contributed by atoms with E-state index in [1.807, 2.05) is 17.8 Å². The van der Waals surface area contributed by atoms with Crippen LogP contribution in [0.25, 0.3) is 0 Å². The highest BCUT2D eigenvalue weighted by atomic mass is 35.5. The number of fused-ring (bicyclic) bond motifs is 2. The number of carboxylic acid groups (broad SMARTS) is 2. The first kappa shape index (κ1) is 23.1. The van der Waals surface area contributed by atoms with Gasteiger partial charge in [0.25, 0.3) is 0 Å². The van der Waals surface area contributed by atoms with Crippen LogP contribution in [0.2, 0.25) is 5.02 Å². The van der Waals surface area contributed by atoms with Gasteiger partial charge in [0.15, 0.2) is 0 Å². The number of nitrogens with zero attached hydrogens (tertiary/aromatic N) is 2. The lowest BCUT2D eigenvalue weighted by Crippen LogP contribution is -2.25. The van der Waals surface area contributed by atoms with E-state index in [4.69, 9.17) is 21.8 Å². The predicted molar refractivity (Wildman–Crippen MR) is 117 cm³/mol. The van der Waals surface area contributed by atoms with Gasteiger partial charge in [0.2, 0.25) is 0 Å². The molecule has 8 heteroatoms. The van der Waals surface area contributed by atoms with Gasteiger partial charge in [-0.1, -0.05) is 35.5 Å². The molecule has 0 bridgehead atoms. The normalized spacial score (nSPS) is 11.9. The number of halogens is 1. The topological polar surface area (TPSA) is 81.1 Å². The van der Waals surface area contributed by atoms with E-state index in [0.29, 0.717) is 0 Å². The minimum atomic E-state index is -1.08. The van der Waals surface area contributed by atoms with Crippen LogP contribution in [0, 0.1) is 0 Å². The van der Waals surface area contributed by atoms with Crippen LogP contribution < -0.4 is 4.90 Å². The average molecular weight is 437 g/mol. The molecular formula is C21H25ClN2O4S. The molecule has 0 saturated heterocycles. The van der Waals surface area contributed by atoms with E-state index in [9.17, 15) is 9.59 Å². The van der Waals surface area contributed by atoms with Crippen LogP contribution in [0.15, 0.2) is 52.3 Å². The van der Waals surface area contributed by atoms with Crippen molar-refractivity contribution in [1.82, 2.24) is 4.90 Å². The Morgan fingerprint density at radius 3 is 2.24 bits per heavy atom. The number of para-hydroxylation sites is 1. The fraction of sp³-hybridized carbons (Fsp3) is 0.333. The van der Waals surface area contributed by atoms with Gasteiger partial charge < -0.3 is 20.0 Å². The fourth-order valence-electron chi connectivity index (χ4n) is 2.80. The number of anilines is 2. The number of carbonyl (C=O) groups is 2. The Balaban J connectivity index is 0.000000321. The van der Waals surface area contributed by atoms with Crippen molar-refractivity contribution in [3.05, 3.63) is 47.5 Å². The Hall–Kier alpha value is -2.22. The maximum absolute atomic E-state index is 9.64. The lowest BCUT2D eigenvalue weighted by atomic mass is 10.2. The Kier molecular flexibility index (Phi) is 8.82. The second-order valence-electron chi connectivity index (χ2n) is 6.78. The molecule has 0 atom stereocenters. The van der Waals surface area contributed by atoms with Crippen LogP contribution in [0.5, 0.6) is 0 Å². The quantitative estimate of drug-likeness (QED) is 0.643. The van der Waals surface area contributed by atoms with Gasteiger partial charge in [0, 0.05) is 21.4 Å². The molecule has 0 unspecified atom stereocenters.